The van der Waals surface area contributed by atoms with Gasteiger partial charge in [-0.25, -0.2) is 17.5 Å². The first-order valence-electron chi connectivity index (χ1n) is 6.39. The number of sulfonamides is 1. The van der Waals surface area contributed by atoms with E-state index < -0.39 is 15.8 Å². The summed E-state index contributed by atoms with van der Waals surface area (Å²) in [4.78, 5) is 0.0862. The molecule has 106 valence electrons. The molecule has 3 nitrogen and oxygen atoms in total. The molecule has 1 fully saturated rings. The highest BCUT2D eigenvalue weighted by molar-refractivity contribution is 9.10. The fraction of sp³-hybridized carbons (Fsp3) is 0.538. The molecule has 0 spiro atoms. The van der Waals surface area contributed by atoms with E-state index in [2.05, 4.69) is 20.7 Å². The molecule has 1 N–H and O–H groups in total. The van der Waals surface area contributed by atoms with Gasteiger partial charge in [0.15, 0.2) is 0 Å². The third kappa shape index (κ3) is 4.00. The maximum atomic E-state index is 13.0. The maximum Gasteiger partial charge on any atom is 0.241 e. The van der Waals surface area contributed by atoms with Crippen LogP contribution in [-0.2, 0) is 10.0 Å². The van der Waals surface area contributed by atoms with Crippen LogP contribution >= 0.6 is 15.9 Å². The molecule has 1 atom stereocenters. The minimum atomic E-state index is -3.60. The summed E-state index contributed by atoms with van der Waals surface area (Å²) in [6.45, 7) is 1.97. The first-order chi connectivity index (χ1) is 8.92. The summed E-state index contributed by atoms with van der Waals surface area (Å²) >= 11 is 3.10. The molecule has 0 aromatic heterocycles. The first kappa shape index (κ1) is 14.9. The van der Waals surface area contributed by atoms with E-state index in [4.69, 9.17) is 0 Å². The average molecular weight is 350 g/mol. The molecular formula is C13H17BrFNO2S. The van der Waals surface area contributed by atoms with Crippen LogP contribution in [0.25, 0.3) is 0 Å². The van der Waals surface area contributed by atoms with Crippen molar-refractivity contribution in [3.8, 4) is 0 Å². The van der Waals surface area contributed by atoms with E-state index in [0.29, 0.717) is 5.92 Å². The van der Waals surface area contributed by atoms with Gasteiger partial charge in [0, 0.05) is 10.5 Å². The van der Waals surface area contributed by atoms with Crippen LogP contribution in [-0.4, -0.2) is 14.5 Å². The molecule has 0 bridgehead atoms. The van der Waals surface area contributed by atoms with Crippen LogP contribution in [0.3, 0.4) is 0 Å². The van der Waals surface area contributed by atoms with E-state index in [9.17, 15) is 12.8 Å². The van der Waals surface area contributed by atoms with E-state index in [-0.39, 0.29) is 15.4 Å². The normalized spacial score (nSPS) is 17.4. The summed E-state index contributed by atoms with van der Waals surface area (Å²) in [7, 11) is -3.60. The monoisotopic (exact) mass is 349 g/mol. The minimum absolute atomic E-state index is 0.0468. The molecule has 0 saturated heterocycles. The van der Waals surface area contributed by atoms with Gasteiger partial charge in [0.05, 0.1) is 4.90 Å². The lowest BCUT2D eigenvalue weighted by atomic mass is 10.1. The molecule has 1 unspecified atom stereocenters. The van der Waals surface area contributed by atoms with Gasteiger partial charge in [-0.05, 0) is 52.9 Å². The van der Waals surface area contributed by atoms with E-state index >= 15 is 0 Å². The van der Waals surface area contributed by atoms with Crippen molar-refractivity contribution in [2.75, 3.05) is 0 Å². The average Bonchev–Trinajstić information content (AvgIpc) is 3.11. The van der Waals surface area contributed by atoms with Crippen molar-refractivity contribution in [2.45, 2.75) is 43.5 Å². The van der Waals surface area contributed by atoms with Crippen molar-refractivity contribution in [3.05, 3.63) is 28.5 Å². The summed E-state index contributed by atoms with van der Waals surface area (Å²) in [6.07, 6.45) is 4.03. The van der Waals surface area contributed by atoms with Crippen molar-refractivity contribution in [1.29, 1.82) is 0 Å². The summed E-state index contributed by atoms with van der Waals surface area (Å²) in [5, 5.41) is 0. The van der Waals surface area contributed by atoms with E-state index in [1.54, 1.807) is 0 Å². The van der Waals surface area contributed by atoms with Gasteiger partial charge in [0.25, 0.3) is 0 Å². The second-order valence-corrected chi connectivity index (χ2v) is 7.52. The number of hydrogen-bond acceptors (Lipinski definition) is 2. The summed E-state index contributed by atoms with van der Waals surface area (Å²) in [5.41, 5.74) is 0. The van der Waals surface area contributed by atoms with Crippen LogP contribution < -0.4 is 4.72 Å². The number of nitrogens with one attached hydrogen (secondary N) is 1. The minimum Gasteiger partial charge on any atom is -0.208 e. The molecular weight excluding hydrogens is 333 g/mol. The molecule has 1 aliphatic rings. The van der Waals surface area contributed by atoms with Crippen molar-refractivity contribution in [3.63, 3.8) is 0 Å². The lowest BCUT2D eigenvalue weighted by molar-refractivity contribution is 0.495. The van der Waals surface area contributed by atoms with Crippen molar-refractivity contribution in [2.24, 2.45) is 5.92 Å². The van der Waals surface area contributed by atoms with Crippen molar-refractivity contribution >= 4 is 26.0 Å². The molecule has 19 heavy (non-hydrogen) atoms. The van der Waals surface area contributed by atoms with Crippen LogP contribution in [0, 0.1) is 11.7 Å². The third-order valence-electron chi connectivity index (χ3n) is 3.31. The molecule has 1 aromatic carbocycles. The molecule has 6 heteroatoms. The van der Waals surface area contributed by atoms with Gasteiger partial charge < -0.3 is 0 Å². The summed E-state index contributed by atoms with van der Waals surface area (Å²) in [5.74, 6) is 0.195. The largest absolute Gasteiger partial charge is 0.241 e. The Labute approximate surface area is 121 Å². The Morgan fingerprint density at radius 3 is 2.68 bits per heavy atom. The third-order valence-corrected chi connectivity index (χ3v) is 5.81. The van der Waals surface area contributed by atoms with Crippen LogP contribution in [0.4, 0.5) is 4.39 Å². The predicted molar refractivity (Wildman–Crippen MR) is 75.8 cm³/mol. The van der Waals surface area contributed by atoms with Crippen molar-refractivity contribution < 1.29 is 12.8 Å². The van der Waals surface area contributed by atoms with E-state index in [1.807, 2.05) is 6.92 Å². The lowest BCUT2D eigenvalue weighted by Gasteiger charge is -2.17. The molecule has 0 radical (unpaired) electrons. The van der Waals surface area contributed by atoms with Gasteiger partial charge >= 0.3 is 0 Å². The fourth-order valence-electron chi connectivity index (χ4n) is 2.03. The standard InChI is InChI=1S/C13H17BrFNO2S/c1-2-11(7-9-3-4-9)16-19(17,18)13-6-5-10(15)8-12(13)14/h5-6,8-9,11,16H,2-4,7H2,1H3. The van der Waals surface area contributed by atoms with Gasteiger partial charge in [-0.1, -0.05) is 19.8 Å². The second-order valence-electron chi connectivity index (χ2n) is 4.98. The molecule has 2 rings (SSSR count). The zero-order valence-corrected chi connectivity index (χ0v) is 13.1. The summed E-state index contributed by atoms with van der Waals surface area (Å²) in [6, 6.07) is 3.55. The summed E-state index contributed by atoms with van der Waals surface area (Å²) < 4.78 is 40.5. The van der Waals surface area contributed by atoms with Gasteiger partial charge in [-0.3, -0.25) is 0 Å². The molecule has 1 aromatic rings. The fourth-order valence-corrected chi connectivity index (χ4v) is 4.41. The van der Waals surface area contributed by atoms with Crippen LogP contribution in [0.15, 0.2) is 27.6 Å². The molecule has 0 amide bonds. The number of rotatable bonds is 6. The first-order valence-corrected chi connectivity index (χ1v) is 8.67. The van der Waals surface area contributed by atoms with Gasteiger partial charge in [0.1, 0.15) is 5.82 Å². The Morgan fingerprint density at radius 1 is 1.47 bits per heavy atom. The highest BCUT2D eigenvalue weighted by Crippen LogP contribution is 2.34. The Balaban J connectivity index is 2.15. The number of hydrogen-bond donors (Lipinski definition) is 1. The highest BCUT2D eigenvalue weighted by Gasteiger charge is 2.28. The van der Waals surface area contributed by atoms with Crippen LogP contribution in [0.2, 0.25) is 0 Å². The van der Waals surface area contributed by atoms with Gasteiger partial charge in [-0.2, -0.15) is 0 Å². The van der Waals surface area contributed by atoms with E-state index in [0.717, 1.165) is 25.0 Å². The Hall–Kier alpha value is -0.460. The molecule has 1 aliphatic carbocycles. The van der Waals surface area contributed by atoms with Crippen LogP contribution in [0.1, 0.15) is 32.6 Å². The molecule has 0 aliphatic heterocycles. The zero-order chi connectivity index (χ0) is 14.0. The molecule has 1 saturated carbocycles. The maximum absolute atomic E-state index is 13.0. The zero-order valence-electron chi connectivity index (χ0n) is 10.7. The topological polar surface area (TPSA) is 46.2 Å². The quantitative estimate of drug-likeness (QED) is 0.854. The number of benzene rings is 1. The van der Waals surface area contributed by atoms with Gasteiger partial charge in [-0.15, -0.1) is 0 Å². The van der Waals surface area contributed by atoms with E-state index in [1.165, 1.54) is 18.9 Å². The lowest BCUT2D eigenvalue weighted by Crippen LogP contribution is -2.35. The highest BCUT2D eigenvalue weighted by atomic mass is 79.9. The van der Waals surface area contributed by atoms with Crippen molar-refractivity contribution in [1.82, 2.24) is 4.72 Å². The Bertz CT molecular complexity index is 558. The number of halogens is 2. The van der Waals surface area contributed by atoms with Gasteiger partial charge in [0.2, 0.25) is 10.0 Å². The predicted octanol–water partition coefficient (Wildman–Crippen LogP) is 3.45. The Kier molecular flexibility index (Phi) is 4.63. The smallest absolute Gasteiger partial charge is 0.208 e. The molecule has 0 heterocycles. The second kappa shape index (κ2) is 5.89. The van der Waals surface area contributed by atoms with Crippen LogP contribution in [0.5, 0.6) is 0 Å². The SMILES string of the molecule is CCC(CC1CC1)NS(=O)(=O)c1ccc(F)cc1Br. The Morgan fingerprint density at radius 2 is 2.16 bits per heavy atom.